The van der Waals surface area contributed by atoms with Crippen molar-refractivity contribution in [2.75, 3.05) is 0 Å². The van der Waals surface area contributed by atoms with Gasteiger partial charge < -0.3 is 4.98 Å². The lowest BCUT2D eigenvalue weighted by atomic mass is 9.98. The first-order valence-electron chi connectivity index (χ1n) is 5.89. The highest BCUT2D eigenvalue weighted by molar-refractivity contribution is 9.10. The Bertz CT molecular complexity index is 518. The van der Waals surface area contributed by atoms with Crippen LogP contribution >= 0.6 is 15.9 Å². The zero-order chi connectivity index (χ0) is 11.1. The summed E-state index contributed by atoms with van der Waals surface area (Å²) < 4.78 is 1.11. The van der Waals surface area contributed by atoms with E-state index in [0.717, 1.165) is 21.4 Å². The predicted octanol–water partition coefficient (Wildman–Crippen LogP) is 4.23. The minimum atomic E-state index is 0.631. The van der Waals surface area contributed by atoms with Crippen molar-refractivity contribution in [1.29, 1.82) is 0 Å². The molecular formula is C13H15BrN2. The van der Waals surface area contributed by atoms with E-state index in [0.29, 0.717) is 5.92 Å². The van der Waals surface area contributed by atoms with Gasteiger partial charge in [-0.15, -0.1) is 0 Å². The second kappa shape index (κ2) is 3.88. The number of nitrogens with one attached hydrogen (secondary N) is 1. The van der Waals surface area contributed by atoms with Crippen molar-refractivity contribution in [3.8, 4) is 0 Å². The average Bonchev–Trinajstić information content (AvgIpc) is 2.82. The molecule has 1 aliphatic carbocycles. The van der Waals surface area contributed by atoms with Crippen molar-refractivity contribution >= 4 is 27.0 Å². The fourth-order valence-corrected chi connectivity index (χ4v) is 3.09. The Morgan fingerprint density at radius 2 is 2.25 bits per heavy atom. The predicted molar refractivity (Wildman–Crippen MR) is 69.5 cm³/mol. The number of benzene rings is 1. The van der Waals surface area contributed by atoms with E-state index in [1.54, 1.807) is 0 Å². The fourth-order valence-electron chi connectivity index (χ4n) is 2.73. The number of aromatic nitrogens is 2. The summed E-state index contributed by atoms with van der Waals surface area (Å²) in [5.41, 5.74) is 2.22. The number of H-pyrrole nitrogens is 1. The molecule has 0 spiro atoms. The quantitative estimate of drug-likeness (QED) is 0.831. The Balaban J connectivity index is 2.04. The SMILES string of the molecule is CC1CCCC1c1nc2ccc(Br)cc2[nH]1. The van der Waals surface area contributed by atoms with E-state index >= 15 is 0 Å². The first-order chi connectivity index (χ1) is 7.74. The van der Waals surface area contributed by atoms with E-state index in [2.05, 4.69) is 40.0 Å². The Kier molecular flexibility index (Phi) is 2.51. The summed E-state index contributed by atoms with van der Waals surface area (Å²) in [5.74, 6) is 2.58. The molecule has 0 saturated heterocycles. The van der Waals surface area contributed by atoms with Crippen LogP contribution in [0.3, 0.4) is 0 Å². The van der Waals surface area contributed by atoms with Crippen molar-refractivity contribution < 1.29 is 0 Å². The number of fused-ring (bicyclic) bond motifs is 1. The van der Waals surface area contributed by atoms with Gasteiger partial charge in [-0.1, -0.05) is 29.3 Å². The van der Waals surface area contributed by atoms with Gasteiger partial charge in [0.1, 0.15) is 5.82 Å². The van der Waals surface area contributed by atoms with Gasteiger partial charge in [-0.05, 0) is 37.0 Å². The van der Waals surface area contributed by atoms with E-state index in [1.807, 2.05) is 6.07 Å². The molecule has 16 heavy (non-hydrogen) atoms. The highest BCUT2D eigenvalue weighted by Gasteiger charge is 2.27. The third-order valence-corrected chi connectivity index (χ3v) is 4.17. The lowest BCUT2D eigenvalue weighted by molar-refractivity contribution is 0.514. The summed E-state index contributed by atoms with van der Waals surface area (Å²) in [7, 11) is 0. The van der Waals surface area contributed by atoms with Crippen LogP contribution in [0.25, 0.3) is 11.0 Å². The molecule has 2 unspecified atom stereocenters. The van der Waals surface area contributed by atoms with Crippen molar-refractivity contribution in [3.63, 3.8) is 0 Å². The van der Waals surface area contributed by atoms with Crippen LogP contribution in [0.4, 0.5) is 0 Å². The molecule has 0 aliphatic heterocycles. The third kappa shape index (κ3) is 1.67. The molecule has 0 bridgehead atoms. The molecule has 2 atom stereocenters. The van der Waals surface area contributed by atoms with Gasteiger partial charge in [0.15, 0.2) is 0 Å². The Morgan fingerprint density at radius 1 is 1.38 bits per heavy atom. The van der Waals surface area contributed by atoms with Crippen LogP contribution in [0.15, 0.2) is 22.7 Å². The van der Waals surface area contributed by atoms with Gasteiger partial charge in [-0.3, -0.25) is 0 Å². The Labute approximate surface area is 104 Å². The maximum absolute atomic E-state index is 4.71. The lowest BCUT2D eigenvalue weighted by Crippen LogP contribution is -2.03. The number of nitrogens with zero attached hydrogens (tertiary/aromatic N) is 1. The summed E-state index contributed by atoms with van der Waals surface area (Å²) in [6.45, 7) is 2.33. The van der Waals surface area contributed by atoms with Gasteiger partial charge in [-0.2, -0.15) is 0 Å². The van der Waals surface area contributed by atoms with E-state index in [9.17, 15) is 0 Å². The average molecular weight is 279 g/mol. The standard InChI is InChI=1S/C13H15BrN2/c1-8-3-2-4-10(8)13-15-11-6-5-9(14)7-12(11)16-13/h5-8,10H,2-4H2,1H3,(H,15,16). The first-order valence-corrected chi connectivity index (χ1v) is 6.68. The zero-order valence-electron chi connectivity index (χ0n) is 9.33. The summed E-state index contributed by atoms with van der Waals surface area (Å²) in [6.07, 6.45) is 3.96. The molecule has 84 valence electrons. The molecule has 1 aromatic heterocycles. The number of hydrogen-bond acceptors (Lipinski definition) is 1. The molecule has 1 heterocycles. The van der Waals surface area contributed by atoms with Crippen LogP contribution in [-0.2, 0) is 0 Å². The highest BCUT2D eigenvalue weighted by Crippen LogP contribution is 2.38. The maximum Gasteiger partial charge on any atom is 0.110 e. The van der Waals surface area contributed by atoms with Gasteiger partial charge in [0, 0.05) is 10.4 Å². The van der Waals surface area contributed by atoms with Crippen LogP contribution in [0.2, 0.25) is 0 Å². The van der Waals surface area contributed by atoms with Crippen LogP contribution in [0.1, 0.15) is 37.9 Å². The number of hydrogen-bond donors (Lipinski definition) is 1. The maximum atomic E-state index is 4.71. The normalized spacial score (nSPS) is 25.4. The van der Waals surface area contributed by atoms with Crippen molar-refractivity contribution in [2.24, 2.45) is 5.92 Å². The molecule has 3 rings (SSSR count). The van der Waals surface area contributed by atoms with Gasteiger partial charge in [-0.25, -0.2) is 4.98 Å². The second-order valence-electron chi connectivity index (χ2n) is 4.80. The van der Waals surface area contributed by atoms with E-state index < -0.39 is 0 Å². The van der Waals surface area contributed by atoms with E-state index in [1.165, 1.54) is 25.1 Å². The molecule has 1 N–H and O–H groups in total. The largest absolute Gasteiger partial charge is 0.342 e. The molecular weight excluding hydrogens is 264 g/mol. The molecule has 2 aromatic rings. The first kappa shape index (κ1) is 10.3. The molecule has 1 aromatic carbocycles. The van der Waals surface area contributed by atoms with Crippen LogP contribution in [0, 0.1) is 5.92 Å². The van der Waals surface area contributed by atoms with Crippen molar-refractivity contribution in [1.82, 2.24) is 9.97 Å². The van der Waals surface area contributed by atoms with Gasteiger partial charge >= 0.3 is 0 Å². The van der Waals surface area contributed by atoms with Crippen LogP contribution in [0.5, 0.6) is 0 Å². The molecule has 3 heteroatoms. The molecule has 1 fully saturated rings. The lowest BCUT2D eigenvalue weighted by Gasteiger charge is -2.11. The topological polar surface area (TPSA) is 28.7 Å². The smallest absolute Gasteiger partial charge is 0.110 e. The summed E-state index contributed by atoms with van der Waals surface area (Å²) >= 11 is 3.49. The Morgan fingerprint density at radius 3 is 3.00 bits per heavy atom. The van der Waals surface area contributed by atoms with Crippen molar-refractivity contribution in [3.05, 3.63) is 28.5 Å². The van der Waals surface area contributed by atoms with Crippen LogP contribution < -0.4 is 0 Å². The van der Waals surface area contributed by atoms with Crippen molar-refractivity contribution in [2.45, 2.75) is 32.1 Å². The highest BCUT2D eigenvalue weighted by atomic mass is 79.9. The summed E-state index contributed by atoms with van der Waals surface area (Å²) in [6, 6.07) is 6.22. The molecule has 0 radical (unpaired) electrons. The van der Waals surface area contributed by atoms with Gasteiger partial charge in [0.2, 0.25) is 0 Å². The van der Waals surface area contributed by atoms with E-state index in [-0.39, 0.29) is 0 Å². The minimum absolute atomic E-state index is 0.631. The number of halogens is 1. The fraction of sp³-hybridized carbons (Fsp3) is 0.462. The summed E-state index contributed by atoms with van der Waals surface area (Å²) in [4.78, 5) is 8.18. The monoisotopic (exact) mass is 278 g/mol. The molecule has 2 nitrogen and oxygen atoms in total. The van der Waals surface area contributed by atoms with Crippen LogP contribution in [-0.4, -0.2) is 9.97 Å². The zero-order valence-corrected chi connectivity index (χ0v) is 10.9. The second-order valence-corrected chi connectivity index (χ2v) is 5.71. The molecule has 0 amide bonds. The van der Waals surface area contributed by atoms with Gasteiger partial charge in [0.25, 0.3) is 0 Å². The number of aromatic amines is 1. The van der Waals surface area contributed by atoms with E-state index in [4.69, 9.17) is 4.98 Å². The Hall–Kier alpha value is -0.830. The number of imidazole rings is 1. The third-order valence-electron chi connectivity index (χ3n) is 3.67. The molecule has 1 saturated carbocycles. The summed E-state index contributed by atoms with van der Waals surface area (Å²) in [5, 5.41) is 0. The number of rotatable bonds is 1. The van der Waals surface area contributed by atoms with Gasteiger partial charge in [0.05, 0.1) is 11.0 Å². The molecule has 1 aliphatic rings. The minimum Gasteiger partial charge on any atom is -0.342 e.